The van der Waals surface area contributed by atoms with Crippen LogP contribution in [0.15, 0.2) is 22.9 Å². The minimum Gasteiger partial charge on any atom is -0.443 e. The highest BCUT2D eigenvalue weighted by Crippen LogP contribution is 2.26. The Hall–Kier alpha value is -1.82. The van der Waals surface area contributed by atoms with Gasteiger partial charge in [0.1, 0.15) is 5.69 Å². The van der Waals surface area contributed by atoms with Crippen molar-refractivity contribution >= 4 is 0 Å². The molecule has 6 heteroatoms. The molecule has 0 saturated heterocycles. The maximum absolute atomic E-state index is 13.1. The van der Waals surface area contributed by atoms with Crippen molar-refractivity contribution < 1.29 is 17.6 Å². The molecular formula is C11H9F3N2O. The summed E-state index contributed by atoms with van der Waals surface area (Å²) in [5, 5.41) is 2.84. The summed E-state index contributed by atoms with van der Waals surface area (Å²) in [7, 11) is 1.70. The molecule has 17 heavy (non-hydrogen) atoms. The van der Waals surface area contributed by atoms with Gasteiger partial charge in [0, 0.05) is 12.1 Å². The minimum absolute atomic E-state index is 0.115. The Labute approximate surface area is 95.3 Å². The Morgan fingerprint density at radius 2 is 1.88 bits per heavy atom. The van der Waals surface area contributed by atoms with Crippen molar-refractivity contribution in [3.63, 3.8) is 0 Å². The molecule has 1 aromatic carbocycles. The summed E-state index contributed by atoms with van der Waals surface area (Å²) < 4.78 is 44.0. The number of nitrogens with one attached hydrogen (secondary N) is 1. The lowest BCUT2D eigenvalue weighted by Crippen LogP contribution is -2.06. The number of hydrogen-bond acceptors (Lipinski definition) is 3. The first-order valence-electron chi connectivity index (χ1n) is 4.85. The van der Waals surface area contributed by atoms with Crippen LogP contribution in [0.2, 0.25) is 0 Å². The van der Waals surface area contributed by atoms with Crippen molar-refractivity contribution in [2.24, 2.45) is 0 Å². The quantitative estimate of drug-likeness (QED) is 0.840. The lowest BCUT2D eigenvalue weighted by Gasteiger charge is -2.02. The van der Waals surface area contributed by atoms with E-state index in [2.05, 4.69) is 10.3 Å². The Bertz CT molecular complexity index is 516. The maximum Gasteiger partial charge on any atom is 0.194 e. The number of rotatable bonds is 3. The molecule has 1 aromatic heterocycles. The Balaban J connectivity index is 2.49. The molecule has 2 rings (SSSR count). The summed E-state index contributed by atoms with van der Waals surface area (Å²) in [6, 6.07) is 1.75. The van der Waals surface area contributed by atoms with Gasteiger partial charge in [-0.2, -0.15) is 0 Å². The van der Waals surface area contributed by atoms with Crippen molar-refractivity contribution in [1.29, 1.82) is 0 Å². The number of nitrogens with zero attached hydrogens (tertiary/aromatic N) is 1. The molecule has 0 saturated carbocycles. The van der Waals surface area contributed by atoms with E-state index in [0.29, 0.717) is 12.2 Å². The minimum atomic E-state index is -1.50. The topological polar surface area (TPSA) is 38.1 Å². The molecule has 0 radical (unpaired) electrons. The van der Waals surface area contributed by atoms with Crippen LogP contribution in [0.4, 0.5) is 13.2 Å². The van der Waals surface area contributed by atoms with Gasteiger partial charge in [0.25, 0.3) is 0 Å². The average Bonchev–Trinajstić information content (AvgIpc) is 2.74. The van der Waals surface area contributed by atoms with Crippen LogP contribution >= 0.6 is 0 Å². The first-order valence-corrected chi connectivity index (χ1v) is 4.85. The monoisotopic (exact) mass is 242 g/mol. The summed E-state index contributed by atoms with van der Waals surface area (Å²) >= 11 is 0. The molecule has 1 N–H and O–H groups in total. The summed E-state index contributed by atoms with van der Waals surface area (Å²) in [6.07, 6.45) is 1.17. The van der Waals surface area contributed by atoms with Crippen LogP contribution < -0.4 is 5.32 Å². The van der Waals surface area contributed by atoms with E-state index in [4.69, 9.17) is 4.42 Å². The van der Waals surface area contributed by atoms with E-state index in [1.165, 1.54) is 6.39 Å². The van der Waals surface area contributed by atoms with Gasteiger partial charge in [-0.25, -0.2) is 18.2 Å². The van der Waals surface area contributed by atoms with Crippen LogP contribution in [-0.4, -0.2) is 12.0 Å². The second-order valence-corrected chi connectivity index (χ2v) is 3.41. The molecule has 0 atom stereocenters. The Morgan fingerprint density at radius 1 is 1.24 bits per heavy atom. The van der Waals surface area contributed by atoms with Crippen LogP contribution in [0.1, 0.15) is 5.69 Å². The van der Waals surface area contributed by atoms with Crippen LogP contribution in [-0.2, 0) is 6.54 Å². The van der Waals surface area contributed by atoms with Gasteiger partial charge in [-0.1, -0.05) is 0 Å². The van der Waals surface area contributed by atoms with Crippen LogP contribution in [0.5, 0.6) is 0 Å². The van der Waals surface area contributed by atoms with Gasteiger partial charge in [0.15, 0.2) is 29.6 Å². The van der Waals surface area contributed by atoms with E-state index < -0.39 is 17.5 Å². The molecule has 0 spiro atoms. The van der Waals surface area contributed by atoms with E-state index in [1.54, 1.807) is 7.05 Å². The molecule has 2 aromatic rings. The number of aromatic nitrogens is 1. The lowest BCUT2D eigenvalue weighted by atomic mass is 10.1. The van der Waals surface area contributed by atoms with Crippen LogP contribution in [0, 0.1) is 17.5 Å². The van der Waals surface area contributed by atoms with Crippen LogP contribution in [0.3, 0.4) is 0 Å². The fraction of sp³-hybridized carbons (Fsp3) is 0.182. The van der Waals surface area contributed by atoms with Crippen molar-refractivity contribution in [3.8, 4) is 11.3 Å². The summed E-state index contributed by atoms with van der Waals surface area (Å²) in [5.74, 6) is -3.79. The number of hydrogen-bond donors (Lipinski definition) is 1. The SMILES string of the molecule is CNCc1ncoc1-c1cc(F)c(F)c(F)c1. The zero-order chi connectivity index (χ0) is 12.4. The predicted molar refractivity (Wildman–Crippen MR) is 54.6 cm³/mol. The zero-order valence-corrected chi connectivity index (χ0v) is 8.93. The number of oxazole rings is 1. The molecular weight excluding hydrogens is 233 g/mol. The standard InChI is InChI=1S/C11H9F3N2O/c1-15-4-9-11(17-5-16-9)6-2-7(12)10(14)8(13)3-6/h2-3,5,15H,4H2,1H3. The first-order chi connectivity index (χ1) is 8.13. The van der Waals surface area contributed by atoms with Crippen LogP contribution in [0.25, 0.3) is 11.3 Å². The third-order valence-corrected chi connectivity index (χ3v) is 2.23. The third kappa shape index (κ3) is 2.16. The first kappa shape index (κ1) is 11.7. The number of benzene rings is 1. The molecule has 0 unspecified atom stereocenters. The lowest BCUT2D eigenvalue weighted by molar-refractivity contribution is 0.447. The summed E-state index contributed by atoms with van der Waals surface area (Å²) in [5.41, 5.74) is 0.613. The van der Waals surface area contributed by atoms with E-state index in [9.17, 15) is 13.2 Å². The van der Waals surface area contributed by atoms with E-state index in [1.807, 2.05) is 0 Å². The highest BCUT2D eigenvalue weighted by Gasteiger charge is 2.16. The van der Waals surface area contributed by atoms with Gasteiger partial charge >= 0.3 is 0 Å². The fourth-order valence-corrected chi connectivity index (χ4v) is 1.48. The normalized spacial score (nSPS) is 10.8. The highest BCUT2D eigenvalue weighted by molar-refractivity contribution is 5.59. The average molecular weight is 242 g/mol. The molecule has 0 bridgehead atoms. The molecule has 0 aliphatic heterocycles. The Morgan fingerprint density at radius 3 is 2.47 bits per heavy atom. The summed E-state index contributed by atoms with van der Waals surface area (Å²) in [4.78, 5) is 3.90. The molecule has 0 amide bonds. The van der Waals surface area contributed by atoms with E-state index in [0.717, 1.165) is 12.1 Å². The molecule has 90 valence electrons. The van der Waals surface area contributed by atoms with Crippen molar-refractivity contribution in [2.45, 2.75) is 6.54 Å². The van der Waals surface area contributed by atoms with Gasteiger partial charge in [-0.15, -0.1) is 0 Å². The Kier molecular flexibility index (Phi) is 3.14. The van der Waals surface area contributed by atoms with E-state index in [-0.39, 0.29) is 11.3 Å². The smallest absolute Gasteiger partial charge is 0.194 e. The molecule has 0 aliphatic rings. The van der Waals surface area contributed by atoms with Gasteiger partial charge in [-0.05, 0) is 19.2 Å². The van der Waals surface area contributed by atoms with Gasteiger partial charge < -0.3 is 9.73 Å². The molecule has 1 heterocycles. The van der Waals surface area contributed by atoms with Crippen molar-refractivity contribution in [2.75, 3.05) is 7.05 Å². The molecule has 3 nitrogen and oxygen atoms in total. The van der Waals surface area contributed by atoms with Gasteiger partial charge in [0.05, 0.1) is 0 Å². The van der Waals surface area contributed by atoms with Gasteiger partial charge in [-0.3, -0.25) is 0 Å². The van der Waals surface area contributed by atoms with Crippen molar-refractivity contribution in [3.05, 3.63) is 41.7 Å². The largest absolute Gasteiger partial charge is 0.443 e. The maximum atomic E-state index is 13.1. The molecule has 0 fully saturated rings. The molecule has 0 aliphatic carbocycles. The highest BCUT2D eigenvalue weighted by atomic mass is 19.2. The second-order valence-electron chi connectivity index (χ2n) is 3.41. The second kappa shape index (κ2) is 4.58. The van der Waals surface area contributed by atoms with E-state index >= 15 is 0 Å². The fourth-order valence-electron chi connectivity index (χ4n) is 1.48. The number of halogens is 3. The predicted octanol–water partition coefficient (Wildman–Crippen LogP) is 2.48. The van der Waals surface area contributed by atoms with Gasteiger partial charge in [0.2, 0.25) is 0 Å². The third-order valence-electron chi connectivity index (χ3n) is 2.23. The zero-order valence-electron chi connectivity index (χ0n) is 8.93. The summed E-state index contributed by atoms with van der Waals surface area (Å²) in [6.45, 7) is 0.381. The van der Waals surface area contributed by atoms with Crippen molar-refractivity contribution in [1.82, 2.24) is 10.3 Å².